The monoisotopic (exact) mass is 267 g/mol. The fraction of sp³-hybridized carbons (Fsp3) is 0.222. The Labute approximate surface area is 121 Å². The Morgan fingerprint density at radius 1 is 1.10 bits per heavy atom. The zero-order valence-corrected chi connectivity index (χ0v) is 11.9. The van der Waals surface area contributed by atoms with Gasteiger partial charge in [0.15, 0.2) is 0 Å². The van der Waals surface area contributed by atoms with E-state index in [4.69, 9.17) is 4.74 Å². The van der Waals surface area contributed by atoms with E-state index in [2.05, 4.69) is 48.3 Å². The maximum absolute atomic E-state index is 5.20. The molecule has 0 aromatic heterocycles. The van der Waals surface area contributed by atoms with Crippen LogP contribution >= 0.6 is 0 Å². The van der Waals surface area contributed by atoms with E-state index in [0.29, 0.717) is 0 Å². The van der Waals surface area contributed by atoms with Gasteiger partial charge in [-0.25, -0.2) is 0 Å². The van der Waals surface area contributed by atoms with Gasteiger partial charge in [0.05, 0.1) is 7.11 Å². The SMILES string of the molecule is C=CC[C@H](NCc1ccccc1)c1ccc(OC)cc1. The molecule has 0 saturated carbocycles. The van der Waals surface area contributed by atoms with E-state index in [1.165, 1.54) is 11.1 Å². The molecule has 0 unspecified atom stereocenters. The van der Waals surface area contributed by atoms with Gasteiger partial charge < -0.3 is 10.1 Å². The number of rotatable bonds is 7. The smallest absolute Gasteiger partial charge is 0.118 e. The van der Waals surface area contributed by atoms with Gasteiger partial charge in [-0.05, 0) is 29.7 Å². The molecule has 0 fully saturated rings. The van der Waals surface area contributed by atoms with Gasteiger partial charge in [0, 0.05) is 12.6 Å². The topological polar surface area (TPSA) is 21.3 Å². The maximum Gasteiger partial charge on any atom is 0.118 e. The molecular weight excluding hydrogens is 246 g/mol. The second kappa shape index (κ2) is 7.51. The summed E-state index contributed by atoms with van der Waals surface area (Å²) >= 11 is 0. The van der Waals surface area contributed by atoms with Crippen LogP contribution < -0.4 is 10.1 Å². The molecule has 0 aliphatic carbocycles. The minimum Gasteiger partial charge on any atom is -0.497 e. The molecule has 0 aliphatic rings. The first-order chi connectivity index (χ1) is 9.83. The highest BCUT2D eigenvalue weighted by molar-refractivity contribution is 5.29. The molecule has 1 atom stereocenters. The Bertz CT molecular complexity index is 519. The molecule has 0 spiro atoms. The third-order valence-corrected chi connectivity index (χ3v) is 3.32. The first kappa shape index (κ1) is 14.4. The van der Waals surface area contributed by atoms with E-state index in [1.54, 1.807) is 7.11 Å². The lowest BCUT2D eigenvalue weighted by Crippen LogP contribution is -2.20. The summed E-state index contributed by atoms with van der Waals surface area (Å²) in [4.78, 5) is 0. The number of hydrogen-bond acceptors (Lipinski definition) is 2. The van der Waals surface area contributed by atoms with Crippen LogP contribution in [0.4, 0.5) is 0 Å². The van der Waals surface area contributed by atoms with Crippen molar-refractivity contribution in [2.24, 2.45) is 0 Å². The van der Waals surface area contributed by atoms with Gasteiger partial charge in [-0.15, -0.1) is 6.58 Å². The first-order valence-electron chi connectivity index (χ1n) is 6.85. The van der Waals surface area contributed by atoms with Crippen LogP contribution in [0.15, 0.2) is 67.3 Å². The van der Waals surface area contributed by atoms with Gasteiger partial charge in [-0.2, -0.15) is 0 Å². The Morgan fingerprint density at radius 2 is 1.80 bits per heavy atom. The van der Waals surface area contributed by atoms with Gasteiger partial charge in [-0.1, -0.05) is 48.5 Å². The average Bonchev–Trinajstić information content (AvgIpc) is 2.52. The molecule has 0 amide bonds. The summed E-state index contributed by atoms with van der Waals surface area (Å²) in [5.74, 6) is 0.883. The highest BCUT2D eigenvalue weighted by atomic mass is 16.5. The highest BCUT2D eigenvalue weighted by Gasteiger charge is 2.09. The minimum absolute atomic E-state index is 0.276. The Hall–Kier alpha value is -2.06. The summed E-state index contributed by atoms with van der Waals surface area (Å²) in [6.07, 6.45) is 2.85. The maximum atomic E-state index is 5.20. The molecule has 20 heavy (non-hydrogen) atoms. The second-order valence-corrected chi connectivity index (χ2v) is 4.72. The van der Waals surface area contributed by atoms with Crippen molar-refractivity contribution < 1.29 is 4.74 Å². The molecule has 2 heteroatoms. The number of methoxy groups -OCH3 is 1. The van der Waals surface area contributed by atoms with Gasteiger partial charge >= 0.3 is 0 Å². The number of ether oxygens (including phenoxy) is 1. The van der Waals surface area contributed by atoms with E-state index in [9.17, 15) is 0 Å². The number of nitrogens with one attached hydrogen (secondary N) is 1. The van der Waals surface area contributed by atoms with Crippen molar-refractivity contribution in [3.8, 4) is 5.75 Å². The molecule has 2 aromatic carbocycles. The fourth-order valence-corrected chi connectivity index (χ4v) is 2.18. The molecule has 0 saturated heterocycles. The van der Waals surface area contributed by atoms with E-state index in [1.807, 2.05) is 24.3 Å². The molecule has 2 nitrogen and oxygen atoms in total. The highest BCUT2D eigenvalue weighted by Crippen LogP contribution is 2.21. The van der Waals surface area contributed by atoms with Crippen LogP contribution in [0.3, 0.4) is 0 Å². The van der Waals surface area contributed by atoms with Crippen LogP contribution in [-0.4, -0.2) is 7.11 Å². The first-order valence-corrected chi connectivity index (χ1v) is 6.85. The fourth-order valence-electron chi connectivity index (χ4n) is 2.18. The average molecular weight is 267 g/mol. The lowest BCUT2D eigenvalue weighted by molar-refractivity contribution is 0.414. The molecule has 0 bridgehead atoms. The molecule has 1 N–H and O–H groups in total. The Morgan fingerprint density at radius 3 is 2.40 bits per heavy atom. The predicted molar refractivity (Wildman–Crippen MR) is 83.8 cm³/mol. The van der Waals surface area contributed by atoms with Crippen molar-refractivity contribution in [3.63, 3.8) is 0 Å². The molecule has 104 valence electrons. The number of hydrogen-bond donors (Lipinski definition) is 1. The van der Waals surface area contributed by atoms with Crippen LogP contribution in [0.5, 0.6) is 5.75 Å². The van der Waals surface area contributed by atoms with E-state index in [-0.39, 0.29) is 6.04 Å². The van der Waals surface area contributed by atoms with Gasteiger partial charge in [-0.3, -0.25) is 0 Å². The van der Waals surface area contributed by atoms with Crippen LogP contribution in [0.25, 0.3) is 0 Å². The Kier molecular flexibility index (Phi) is 5.39. The van der Waals surface area contributed by atoms with Crippen molar-refractivity contribution >= 4 is 0 Å². The summed E-state index contributed by atoms with van der Waals surface area (Å²) in [5, 5.41) is 3.58. The third kappa shape index (κ3) is 3.97. The zero-order chi connectivity index (χ0) is 14.2. The molecular formula is C18H21NO. The van der Waals surface area contributed by atoms with E-state index >= 15 is 0 Å². The van der Waals surface area contributed by atoms with Crippen LogP contribution in [0, 0.1) is 0 Å². The van der Waals surface area contributed by atoms with Crippen LogP contribution in [0.1, 0.15) is 23.6 Å². The van der Waals surface area contributed by atoms with E-state index < -0.39 is 0 Å². The lowest BCUT2D eigenvalue weighted by atomic mass is 10.0. The summed E-state index contributed by atoms with van der Waals surface area (Å²) in [6, 6.07) is 18.9. The molecule has 2 rings (SSSR count). The van der Waals surface area contributed by atoms with Gasteiger partial charge in [0.2, 0.25) is 0 Å². The largest absolute Gasteiger partial charge is 0.497 e. The van der Waals surface area contributed by atoms with Crippen LogP contribution in [-0.2, 0) is 6.54 Å². The zero-order valence-electron chi connectivity index (χ0n) is 11.9. The number of benzene rings is 2. The van der Waals surface area contributed by atoms with Crippen molar-refractivity contribution in [2.75, 3.05) is 7.11 Å². The lowest BCUT2D eigenvalue weighted by Gasteiger charge is -2.18. The van der Waals surface area contributed by atoms with Crippen molar-refractivity contribution in [1.82, 2.24) is 5.32 Å². The summed E-state index contributed by atoms with van der Waals surface area (Å²) in [7, 11) is 1.68. The summed E-state index contributed by atoms with van der Waals surface area (Å²) < 4.78 is 5.20. The van der Waals surface area contributed by atoms with Gasteiger partial charge in [0.1, 0.15) is 5.75 Å². The predicted octanol–water partition coefficient (Wildman–Crippen LogP) is 4.10. The van der Waals surface area contributed by atoms with E-state index in [0.717, 1.165) is 18.7 Å². The standard InChI is InChI=1S/C18H21NO/c1-3-7-18(16-10-12-17(20-2)13-11-16)19-14-15-8-5-4-6-9-15/h3-6,8-13,18-19H,1,7,14H2,2H3/t18-/m0/s1. The quantitative estimate of drug-likeness (QED) is 0.762. The normalized spacial score (nSPS) is 11.8. The Balaban J connectivity index is 2.04. The van der Waals surface area contributed by atoms with Crippen molar-refractivity contribution in [1.29, 1.82) is 0 Å². The third-order valence-electron chi connectivity index (χ3n) is 3.32. The second-order valence-electron chi connectivity index (χ2n) is 4.72. The van der Waals surface area contributed by atoms with Gasteiger partial charge in [0.25, 0.3) is 0 Å². The summed E-state index contributed by atoms with van der Waals surface area (Å²) in [6.45, 7) is 4.70. The molecule has 0 radical (unpaired) electrons. The summed E-state index contributed by atoms with van der Waals surface area (Å²) in [5.41, 5.74) is 2.54. The minimum atomic E-state index is 0.276. The molecule has 0 heterocycles. The van der Waals surface area contributed by atoms with Crippen molar-refractivity contribution in [2.45, 2.75) is 19.0 Å². The molecule has 2 aromatic rings. The van der Waals surface area contributed by atoms with Crippen LogP contribution in [0.2, 0.25) is 0 Å². The van der Waals surface area contributed by atoms with Crippen molar-refractivity contribution in [3.05, 3.63) is 78.4 Å². The molecule has 0 aliphatic heterocycles.